The number of aromatic nitrogens is 2. The maximum Gasteiger partial charge on any atom is 0.224 e. The topological polar surface area (TPSA) is 53.5 Å². The lowest BCUT2D eigenvalue weighted by molar-refractivity contribution is 0.0398. The van der Waals surface area contributed by atoms with E-state index in [0.717, 1.165) is 69.9 Å². The summed E-state index contributed by atoms with van der Waals surface area (Å²) in [6, 6.07) is 2.08. The van der Waals surface area contributed by atoms with Crippen molar-refractivity contribution < 1.29 is 4.74 Å². The van der Waals surface area contributed by atoms with E-state index in [2.05, 4.69) is 31.2 Å². The molecule has 2 saturated heterocycles. The smallest absolute Gasteiger partial charge is 0.224 e. The van der Waals surface area contributed by atoms with Crippen molar-refractivity contribution in [2.45, 2.75) is 19.8 Å². The Bertz CT molecular complexity index is 455. The number of aryl methyl sites for hydroxylation is 1. The second-order valence-corrected chi connectivity index (χ2v) is 5.77. The van der Waals surface area contributed by atoms with Gasteiger partial charge in [0.25, 0.3) is 0 Å². The summed E-state index contributed by atoms with van der Waals surface area (Å²) in [6.07, 6.45) is 2.53. The summed E-state index contributed by atoms with van der Waals surface area (Å²) < 4.78 is 5.36. The number of nitrogens with one attached hydrogen (secondary N) is 1. The highest BCUT2D eigenvalue weighted by Gasteiger charge is 2.15. The molecule has 6 heteroatoms. The highest BCUT2D eigenvalue weighted by atomic mass is 16.5. The van der Waals surface area contributed by atoms with E-state index in [9.17, 15) is 0 Å². The second-order valence-electron chi connectivity index (χ2n) is 5.77. The molecule has 1 aromatic rings. The summed E-state index contributed by atoms with van der Waals surface area (Å²) in [4.78, 5) is 13.9. The third-order valence-corrected chi connectivity index (χ3v) is 4.09. The SMILES string of the molecule is Cc1cc(N2CCCC2)nc(NCCN2CCOCC2)n1. The molecule has 0 radical (unpaired) electrons. The first-order valence-corrected chi connectivity index (χ1v) is 7.96. The van der Waals surface area contributed by atoms with Crippen LogP contribution in [0.25, 0.3) is 0 Å². The Labute approximate surface area is 126 Å². The number of ether oxygens (including phenoxy) is 1. The Hall–Kier alpha value is -1.40. The molecule has 0 amide bonds. The van der Waals surface area contributed by atoms with Crippen molar-refractivity contribution in [1.82, 2.24) is 14.9 Å². The number of hydrogen-bond donors (Lipinski definition) is 1. The molecular weight excluding hydrogens is 266 g/mol. The quantitative estimate of drug-likeness (QED) is 0.878. The van der Waals surface area contributed by atoms with E-state index in [0.29, 0.717) is 0 Å². The lowest BCUT2D eigenvalue weighted by Gasteiger charge is -2.26. The van der Waals surface area contributed by atoms with Gasteiger partial charge in [0.15, 0.2) is 0 Å². The van der Waals surface area contributed by atoms with E-state index in [1.807, 2.05) is 6.92 Å². The Kier molecular flexibility index (Phi) is 4.87. The maximum absolute atomic E-state index is 5.36. The van der Waals surface area contributed by atoms with Crippen molar-refractivity contribution in [1.29, 1.82) is 0 Å². The first kappa shape index (κ1) is 14.5. The zero-order valence-electron chi connectivity index (χ0n) is 12.8. The third-order valence-electron chi connectivity index (χ3n) is 4.09. The number of morpholine rings is 1. The first-order chi connectivity index (χ1) is 10.3. The molecule has 0 atom stereocenters. The molecule has 3 heterocycles. The van der Waals surface area contributed by atoms with Crippen molar-refractivity contribution in [3.05, 3.63) is 11.8 Å². The highest BCUT2D eigenvalue weighted by molar-refractivity contribution is 5.45. The Balaban J connectivity index is 1.54. The standard InChI is InChI=1S/C15H25N5O/c1-13-12-14(20-5-2-3-6-20)18-15(17-13)16-4-7-19-8-10-21-11-9-19/h12H,2-11H2,1H3,(H,16,17,18). The summed E-state index contributed by atoms with van der Waals surface area (Å²) in [5, 5.41) is 3.37. The van der Waals surface area contributed by atoms with Crippen LogP contribution >= 0.6 is 0 Å². The lowest BCUT2D eigenvalue weighted by atomic mass is 10.4. The van der Waals surface area contributed by atoms with Gasteiger partial charge in [-0.3, -0.25) is 4.90 Å². The molecule has 2 aliphatic rings. The summed E-state index contributed by atoms with van der Waals surface area (Å²) in [6.45, 7) is 9.90. The molecule has 1 aromatic heterocycles. The second kappa shape index (κ2) is 7.04. The van der Waals surface area contributed by atoms with Gasteiger partial charge in [0, 0.05) is 51.0 Å². The number of nitrogens with zero attached hydrogens (tertiary/aromatic N) is 4. The van der Waals surface area contributed by atoms with Gasteiger partial charge in [-0.2, -0.15) is 4.98 Å². The minimum Gasteiger partial charge on any atom is -0.379 e. The molecule has 0 aliphatic carbocycles. The van der Waals surface area contributed by atoms with Crippen LogP contribution < -0.4 is 10.2 Å². The summed E-state index contributed by atoms with van der Waals surface area (Å²) in [5.41, 5.74) is 1.03. The summed E-state index contributed by atoms with van der Waals surface area (Å²) >= 11 is 0. The number of anilines is 2. The average Bonchev–Trinajstić information content (AvgIpc) is 3.02. The molecule has 0 bridgehead atoms. The summed E-state index contributed by atoms with van der Waals surface area (Å²) in [5.74, 6) is 1.82. The van der Waals surface area contributed by atoms with Gasteiger partial charge in [-0.05, 0) is 19.8 Å². The molecule has 3 rings (SSSR count). The minimum absolute atomic E-state index is 0.755. The zero-order chi connectivity index (χ0) is 14.5. The molecule has 21 heavy (non-hydrogen) atoms. The van der Waals surface area contributed by atoms with Crippen molar-refractivity contribution in [2.24, 2.45) is 0 Å². The van der Waals surface area contributed by atoms with Gasteiger partial charge in [-0.15, -0.1) is 0 Å². The molecule has 1 N–H and O–H groups in total. The fraction of sp³-hybridized carbons (Fsp3) is 0.733. The molecule has 116 valence electrons. The van der Waals surface area contributed by atoms with Gasteiger partial charge in [-0.1, -0.05) is 0 Å². The van der Waals surface area contributed by atoms with Crippen LogP contribution in [0.5, 0.6) is 0 Å². The van der Waals surface area contributed by atoms with Gasteiger partial charge < -0.3 is 15.0 Å². The van der Waals surface area contributed by atoms with E-state index in [-0.39, 0.29) is 0 Å². The van der Waals surface area contributed by atoms with E-state index in [4.69, 9.17) is 4.74 Å². The molecule has 6 nitrogen and oxygen atoms in total. The third kappa shape index (κ3) is 4.04. The van der Waals surface area contributed by atoms with Crippen molar-refractivity contribution in [3.8, 4) is 0 Å². The maximum atomic E-state index is 5.36. The largest absolute Gasteiger partial charge is 0.379 e. The fourth-order valence-electron chi connectivity index (χ4n) is 2.89. The van der Waals surface area contributed by atoms with Crippen LogP contribution in [0.3, 0.4) is 0 Å². The molecule has 2 fully saturated rings. The molecule has 0 saturated carbocycles. The molecule has 0 spiro atoms. The van der Waals surface area contributed by atoms with Gasteiger partial charge in [0.1, 0.15) is 5.82 Å². The van der Waals surface area contributed by atoms with Gasteiger partial charge >= 0.3 is 0 Å². The Morgan fingerprint density at radius 2 is 1.90 bits per heavy atom. The Morgan fingerprint density at radius 3 is 2.67 bits per heavy atom. The normalized spacial score (nSPS) is 20.0. The fourth-order valence-corrected chi connectivity index (χ4v) is 2.89. The predicted molar refractivity (Wildman–Crippen MR) is 84.0 cm³/mol. The van der Waals surface area contributed by atoms with Crippen LogP contribution in [0.4, 0.5) is 11.8 Å². The zero-order valence-corrected chi connectivity index (χ0v) is 12.8. The average molecular weight is 291 g/mol. The van der Waals surface area contributed by atoms with E-state index >= 15 is 0 Å². The highest BCUT2D eigenvalue weighted by Crippen LogP contribution is 2.19. The van der Waals surface area contributed by atoms with Gasteiger partial charge in [0.2, 0.25) is 5.95 Å². The Morgan fingerprint density at radius 1 is 1.14 bits per heavy atom. The van der Waals surface area contributed by atoms with Crippen LogP contribution in [0.1, 0.15) is 18.5 Å². The van der Waals surface area contributed by atoms with Crippen molar-refractivity contribution in [2.75, 3.05) is 62.7 Å². The molecule has 0 unspecified atom stereocenters. The van der Waals surface area contributed by atoms with Crippen molar-refractivity contribution >= 4 is 11.8 Å². The monoisotopic (exact) mass is 291 g/mol. The lowest BCUT2D eigenvalue weighted by Crippen LogP contribution is -2.39. The first-order valence-electron chi connectivity index (χ1n) is 7.96. The van der Waals surface area contributed by atoms with E-state index < -0.39 is 0 Å². The van der Waals surface area contributed by atoms with Gasteiger partial charge in [-0.25, -0.2) is 4.98 Å². The predicted octanol–water partition coefficient (Wildman–Crippen LogP) is 1.13. The molecule has 0 aromatic carbocycles. The molecule has 2 aliphatic heterocycles. The van der Waals surface area contributed by atoms with Crippen LogP contribution in [-0.2, 0) is 4.74 Å². The molecular formula is C15H25N5O. The van der Waals surface area contributed by atoms with Crippen molar-refractivity contribution in [3.63, 3.8) is 0 Å². The number of hydrogen-bond acceptors (Lipinski definition) is 6. The minimum atomic E-state index is 0.755. The van der Waals surface area contributed by atoms with Crippen LogP contribution in [-0.4, -0.2) is 67.4 Å². The summed E-state index contributed by atoms with van der Waals surface area (Å²) in [7, 11) is 0. The van der Waals surface area contributed by atoms with Crippen LogP contribution in [0.2, 0.25) is 0 Å². The van der Waals surface area contributed by atoms with Gasteiger partial charge in [0.05, 0.1) is 13.2 Å². The van der Waals surface area contributed by atoms with E-state index in [1.165, 1.54) is 12.8 Å². The van der Waals surface area contributed by atoms with Crippen LogP contribution in [0.15, 0.2) is 6.07 Å². The van der Waals surface area contributed by atoms with Crippen LogP contribution in [0, 0.1) is 6.92 Å². The van der Waals surface area contributed by atoms with E-state index in [1.54, 1.807) is 0 Å². The number of rotatable bonds is 5.